The Balaban J connectivity index is 1.50. The highest BCUT2D eigenvalue weighted by Crippen LogP contribution is 2.18. The largest absolute Gasteiger partial charge is 0.352 e. The minimum atomic E-state index is -0.186. The summed E-state index contributed by atoms with van der Waals surface area (Å²) in [5, 5.41) is 5.82. The van der Waals surface area contributed by atoms with Gasteiger partial charge in [0.2, 0.25) is 5.91 Å². The predicted molar refractivity (Wildman–Crippen MR) is 125 cm³/mol. The third-order valence-electron chi connectivity index (χ3n) is 4.74. The average Bonchev–Trinajstić information content (AvgIpc) is 2.76. The molecule has 5 heteroatoms. The number of thioether (sulfide) groups is 1. The van der Waals surface area contributed by atoms with E-state index in [9.17, 15) is 9.59 Å². The fourth-order valence-corrected chi connectivity index (χ4v) is 3.97. The molecular formula is C25H26N2O2S. The summed E-state index contributed by atoms with van der Waals surface area (Å²) >= 11 is 1.56. The smallest absolute Gasteiger partial charge is 0.253 e. The summed E-state index contributed by atoms with van der Waals surface area (Å²) in [5.74, 6) is 0.813. The maximum Gasteiger partial charge on any atom is 0.253 e. The lowest BCUT2D eigenvalue weighted by Gasteiger charge is -2.12. The van der Waals surface area contributed by atoms with Crippen LogP contribution in [0, 0.1) is 6.92 Å². The van der Waals surface area contributed by atoms with Crippen molar-refractivity contribution in [1.82, 2.24) is 5.32 Å². The first-order valence-electron chi connectivity index (χ1n) is 9.97. The van der Waals surface area contributed by atoms with E-state index in [0.29, 0.717) is 23.5 Å². The Kier molecular flexibility index (Phi) is 8.10. The summed E-state index contributed by atoms with van der Waals surface area (Å²) in [6.45, 7) is 2.61. The number of carbonyl (C=O) groups is 2. The van der Waals surface area contributed by atoms with Crippen LogP contribution in [0.3, 0.4) is 0 Å². The van der Waals surface area contributed by atoms with Crippen molar-refractivity contribution in [1.29, 1.82) is 0 Å². The second-order valence-electron chi connectivity index (χ2n) is 7.00. The van der Waals surface area contributed by atoms with Crippen molar-refractivity contribution in [3.05, 3.63) is 101 Å². The van der Waals surface area contributed by atoms with Crippen LogP contribution in [0.4, 0.5) is 5.69 Å². The van der Waals surface area contributed by atoms with Gasteiger partial charge in [-0.2, -0.15) is 0 Å². The topological polar surface area (TPSA) is 58.2 Å². The Morgan fingerprint density at radius 3 is 2.37 bits per heavy atom. The zero-order valence-electron chi connectivity index (χ0n) is 17.1. The fourth-order valence-electron chi connectivity index (χ4n) is 3.06. The average molecular weight is 419 g/mol. The van der Waals surface area contributed by atoms with E-state index in [4.69, 9.17) is 0 Å². The lowest BCUT2D eigenvalue weighted by molar-refractivity contribution is -0.113. The first kappa shape index (κ1) is 21.7. The lowest BCUT2D eigenvalue weighted by Crippen LogP contribution is -2.27. The molecule has 0 aromatic heterocycles. The number of aryl methyl sites for hydroxylation is 1. The molecule has 0 saturated carbocycles. The molecule has 0 heterocycles. The van der Waals surface area contributed by atoms with E-state index < -0.39 is 0 Å². The molecule has 3 aromatic carbocycles. The van der Waals surface area contributed by atoms with Gasteiger partial charge in [-0.1, -0.05) is 66.7 Å². The first-order valence-corrected chi connectivity index (χ1v) is 11.1. The van der Waals surface area contributed by atoms with Crippen LogP contribution in [0.5, 0.6) is 0 Å². The van der Waals surface area contributed by atoms with Gasteiger partial charge in [0.05, 0.1) is 17.0 Å². The number of amides is 2. The van der Waals surface area contributed by atoms with E-state index in [1.165, 1.54) is 16.7 Å². The highest BCUT2D eigenvalue weighted by molar-refractivity contribution is 7.99. The van der Waals surface area contributed by atoms with Gasteiger partial charge < -0.3 is 10.6 Å². The maximum absolute atomic E-state index is 12.6. The molecule has 3 rings (SSSR count). The Morgan fingerprint density at radius 1 is 0.867 bits per heavy atom. The number of para-hydroxylation sites is 1. The SMILES string of the molecule is Cc1ccccc1CSCC(=O)Nc1ccccc1C(=O)NCCc1ccccc1. The summed E-state index contributed by atoms with van der Waals surface area (Å²) < 4.78 is 0. The lowest BCUT2D eigenvalue weighted by atomic mass is 10.1. The second-order valence-corrected chi connectivity index (χ2v) is 7.99. The molecule has 2 N–H and O–H groups in total. The summed E-state index contributed by atoms with van der Waals surface area (Å²) in [7, 11) is 0. The van der Waals surface area contributed by atoms with E-state index >= 15 is 0 Å². The molecule has 0 fully saturated rings. The molecule has 2 amide bonds. The van der Waals surface area contributed by atoms with Gasteiger partial charge in [0.25, 0.3) is 5.91 Å². The summed E-state index contributed by atoms with van der Waals surface area (Å²) in [5.41, 5.74) is 4.64. The number of anilines is 1. The number of hydrogen-bond donors (Lipinski definition) is 2. The second kappa shape index (κ2) is 11.2. The molecule has 0 saturated heterocycles. The molecule has 0 atom stereocenters. The Hall–Kier alpha value is -3.05. The predicted octanol–water partition coefficient (Wildman–Crippen LogP) is 4.84. The van der Waals surface area contributed by atoms with Gasteiger partial charge in [0.1, 0.15) is 0 Å². The minimum Gasteiger partial charge on any atom is -0.352 e. The van der Waals surface area contributed by atoms with E-state index in [2.05, 4.69) is 29.7 Å². The van der Waals surface area contributed by atoms with Gasteiger partial charge in [-0.3, -0.25) is 9.59 Å². The van der Waals surface area contributed by atoms with Crippen LogP contribution in [-0.2, 0) is 17.0 Å². The van der Waals surface area contributed by atoms with Crippen LogP contribution >= 0.6 is 11.8 Å². The maximum atomic E-state index is 12.6. The van der Waals surface area contributed by atoms with Gasteiger partial charge in [0.15, 0.2) is 0 Å². The van der Waals surface area contributed by atoms with Crippen molar-refractivity contribution < 1.29 is 9.59 Å². The monoisotopic (exact) mass is 418 g/mol. The van der Waals surface area contributed by atoms with Gasteiger partial charge in [-0.05, 0) is 42.2 Å². The zero-order valence-corrected chi connectivity index (χ0v) is 17.9. The van der Waals surface area contributed by atoms with Crippen LogP contribution in [0.15, 0.2) is 78.9 Å². The number of carbonyl (C=O) groups excluding carboxylic acids is 2. The summed E-state index contributed by atoms with van der Waals surface area (Å²) in [6, 6.07) is 25.3. The molecule has 0 bridgehead atoms. The van der Waals surface area contributed by atoms with E-state index in [1.807, 2.05) is 48.5 Å². The van der Waals surface area contributed by atoms with Crippen LogP contribution in [0.2, 0.25) is 0 Å². The summed E-state index contributed by atoms with van der Waals surface area (Å²) in [6.07, 6.45) is 0.761. The van der Waals surface area contributed by atoms with E-state index in [1.54, 1.807) is 30.0 Å². The van der Waals surface area contributed by atoms with Crippen molar-refractivity contribution in [2.24, 2.45) is 0 Å². The number of rotatable bonds is 9. The molecule has 0 aliphatic rings. The van der Waals surface area contributed by atoms with Crippen molar-refractivity contribution in [3.8, 4) is 0 Å². The molecule has 30 heavy (non-hydrogen) atoms. The molecular weight excluding hydrogens is 392 g/mol. The van der Waals surface area contributed by atoms with Gasteiger partial charge >= 0.3 is 0 Å². The third-order valence-corrected chi connectivity index (χ3v) is 5.72. The number of nitrogens with one attached hydrogen (secondary N) is 2. The number of benzene rings is 3. The third kappa shape index (κ3) is 6.49. The normalized spacial score (nSPS) is 10.4. The van der Waals surface area contributed by atoms with Crippen molar-refractivity contribution in [2.45, 2.75) is 19.1 Å². The standard InChI is InChI=1S/C25H26N2O2S/c1-19-9-5-6-12-21(19)17-30-18-24(28)27-23-14-8-7-13-22(23)25(29)26-16-15-20-10-3-2-4-11-20/h2-14H,15-18H2,1H3,(H,26,29)(H,27,28). The highest BCUT2D eigenvalue weighted by atomic mass is 32.2. The zero-order chi connectivity index (χ0) is 21.2. The molecule has 4 nitrogen and oxygen atoms in total. The van der Waals surface area contributed by atoms with Crippen LogP contribution < -0.4 is 10.6 Å². The molecule has 3 aromatic rings. The van der Waals surface area contributed by atoms with Crippen LogP contribution in [-0.4, -0.2) is 24.1 Å². The first-order chi connectivity index (χ1) is 14.6. The Bertz CT molecular complexity index is 989. The minimum absolute atomic E-state index is 0.113. The molecule has 0 radical (unpaired) electrons. The van der Waals surface area contributed by atoms with Crippen molar-refractivity contribution in [3.63, 3.8) is 0 Å². The molecule has 0 aliphatic carbocycles. The highest BCUT2D eigenvalue weighted by Gasteiger charge is 2.13. The quantitative estimate of drug-likeness (QED) is 0.523. The van der Waals surface area contributed by atoms with Gasteiger partial charge in [0, 0.05) is 12.3 Å². The van der Waals surface area contributed by atoms with Gasteiger partial charge in [-0.15, -0.1) is 11.8 Å². The number of hydrogen-bond acceptors (Lipinski definition) is 3. The molecule has 0 unspecified atom stereocenters. The summed E-state index contributed by atoms with van der Waals surface area (Å²) in [4.78, 5) is 25.0. The van der Waals surface area contributed by atoms with Crippen LogP contribution in [0.25, 0.3) is 0 Å². The van der Waals surface area contributed by atoms with Crippen molar-refractivity contribution >= 4 is 29.3 Å². The van der Waals surface area contributed by atoms with E-state index in [0.717, 1.165) is 12.2 Å². The molecule has 0 spiro atoms. The Labute approximate surface area is 182 Å². The fraction of sp³-hybridized carbons (Fsp3) is 0.200. The Morgan fingerprint density at radius 2 is 1.57 bits per heavy atom. The van der Waals surface area contributed by atoms with Crippen LogP contribution in [0.1, 0.15) is 27.0 Å². The molecule has 154 valence electrons. The molecule has 0 aliphatic heterocycles. The van der Waals surface area contributed by atoms with E-state index in [-0.39, 0.29) is 11.8 Å². The van der Waals surface area contributed by atoms with Crippen molar-refractivity contribution in [2.75, 3.05) is 17.6 Å². The van der Waals surface area contributed by atoms with Gasteiger partial charge in [-0.25, -0.2) is 0 Å².